The molecule has 1 aromatic rings. The Morgan fingerprint density at radius 1 is 1.44 bits per heavy atom. The highest BCUT2D eigenvalue weighted by Gasteiger charge is 2.25. The number of sulfonamides is 1. The van der Waals surface area contributed by atoms with Crippen molar-refractivity contribution in [2.75, 3.05) is 18.0 Å². The van der Waals surface area contributed by atoms with Gasteiger partial charge in [-0.2, -0.15) is 4.31 Å². The molecule has 5 heteroatoms. The molecule has 0 amide bonds. The average molecular weight is 240 g/mol. The van der Waals surface area contributed by atoms with Gasteiger partial charge in [0.25, 0.3) is 0 Å². The van der Waals surface area contributed by atoms with Crippen LogP contribution in [-0.2, 0) is 23.0 Å². The van der Waals surface area contributed by atoms with E-state index in [0.717, 1.165) is 12.0 Å². The molecule has 1 aromatic carbocycles. The topological polar surface area (TPSA) is 63.4 Å². The molecule has 0 spiro atoms. The van der Waals surface area contributed by atoms with Crippen molar-refractivity contribution in [2.45, 2.75) is 19.9 Å². The molecular weight excluding hydrogens is 224 g/mol. The summed E-state index contributed by atoms with van der Waals surface area (Å²) in [5.74, 6) is 0.148. The largest absolute Gasteiger partial charge is 0.398 e. The Labute approximate surface area is 96.1 Å². The van der Waals surface area contributed by atoms with Crippen molar-refractivity contribution in [1.82, 2.24) is 4.31 Å². The van der Waals surface area contributed by atoms with E-state index in [-0.39, 0.29) is 5.75 Å². The Morgan fingerprint density at radius 3 is 2.88 bits per heavy atom. The molecule has 1 aliphatic rings. The van der Waals surface area contributed by atoms with Crippen LogP contribution in [0.1, 0.15) is 18.1 Å². The van der Waals surface area contributed by atoms with Gasteiger partial charge in [-0.25, -0.2) is 8.42 Å². The third kappa shape index (κ3) is 1.92. The van der Waals surface area contributed by atoms with Crippen LogP contribution >= 0.6 is 0 Å². The van der Waals surface area contributed by atoms with E-state index in [4.69, 9.17) is 5.73 Å². The lowest BCUT2D eigenvalue weighted by molar-refractivity contribution is 0.393. The summed E-state index contributed by atoms with van der Waals surface area (Å²) in [6, 6.07) is 5.75. The fourth-order valence-electron chi connectivity index (χ4n) is 2.00. The van der Waals surface area contributed by atoms with E-state index in [1.165, 1.54) is 9.87 Å². The fraction of sp³-hybridized carbons (Fsp3) is 0.455. The zero-order chi connectivity index (χ0) is 11.8. The Morgan fingerprint density at radius 2 is 2.19 bits per heavy atom. The molecule has 0 fully saturated rings. The molecule has 2 rings (SSSR count). The summed E-state index contributed by atoms with van der Waals surface area (Å²) in [6.45, 7) is 2.64. The first-order valence-corrected chi connectivity index (χ1v) is 6.99. The minimum Gasteiger partial charge on any atom is -0.398 e. The van der Waals surface area contributed by atoms with Crippen LogP contribution in [0.4, 0.5) is 5.69 Å². The number of fused-ring (bicyclic) bond motifs is 1. The molecule has 1 aliphatic heterocycles. The molecule has 0 atom stereocenters. The second-order valence-corrected chi connectivity index (χ2v) is 6.23. The number of hydrogen-bond acceptors (Lipinski definition) is 3. The molecule has 2 N–H and O–H groups in total. The van der Waals surface area contributed by atoms with Crippen molar-refractivity contribution in [2.24, 2.45) is 0 Å². The van der Waals surface area contributed by atoms with Crippen molar-refractivity contribution in [3.05, 3.63) is 29.3 Å². The molecule has 0 unspecified atom stereocenters. The Hall–Kier alpha value is -1.07. The van der Waals surface area contributed by atoms with Crippen molar-refractivity contribution in [1.29, 1.82) is 0 Å². The maximum atomic E-state index is 11.8. The number of nitrogens with zero attached hydrogens (tertiary/aromatic N) is 1. The van der Waals surface area contributed by atoms with E-state index in [1.54, 1.807) is 6.92 Å². The normalized spacial score (nSPS) is 17.1. The maximum absolute atomic E-state index is 11.8. The summed E-state index contributed by atoms with van der Waals surface area (Å²) in [7, 11) is -3.10. The van der Waals surface area contributed by atoms with Gasteiger partial charge in [0.15, 0.2) is 0 Å². The molecule has 0 bridgehead atoms. The quantitative estimate of drug-likeness (QED) is 0.784. The molecule has 0 saturated carbocycles. The molecule has 0 aromatic heterocycles. The minimum absolute atomic E-state index is 0.148. The number of nitrogen functional groups attached to an aromatic ring is 1. The number of anilines is 1. The van der Waals surface area contributed by atoms with Crippen LogP contribution in [0.25, 0.3) is 0 Å². The highest BCUT2D eigenvalue weighted by atomic mass is 32.2. The van der Waals surface area contributed by atoms with Gasteiger partial charge in [0.1, 0.15) is 0 Å². The standard InChI is InChI=1S/C11H16N2O2S/c1-2-16(14,15)13-7-6-9-4-3-5-11(12)10(9)8-13/h3-5H,2,6-8,12H2,1H3. The molecule has 1 heterocycles. The second-order valence-electron chi connectivity index (χ2n) is 3.97. The maximum Gasteiger partial charge on any atom is 0.214 e. The smallest absolute Gasteiger partial charge is 0.214 e. The van der Waals surface area contributed by atoms with E-state index in [1.807, 2.05) is 18.2 Å². The van der Waals surface area contributed by atoms with Crippen molar-refractivity contribution in [3.8, 4) is 0 Å². The average Bonchev–Trinajstić information content (AvgIpc) is 2.29. The van der Waals surface area contributed by atoms with Crippen molar-refractivity contribution >= 4 is 15.7 Å². The monoisotopic (exact) mass is 240 g/mol. The van der Waals surface area contributed by atoms with Gasteiger partial charge in [-0.1, -0.05) is 12.1 Å². The highest BCUT2D eigenvalue weighted by molar-refractivity contribution is 7.89. The van der Waals surface area contributed by atoms with E-state index >= 15 is 0 Å². The van der Waals surface area contributed by atoms with E-state index < -0.39 is 10.0 Å². The summed E-state index contributed by atoms with van der Waals surface area (Å²) in [6.07, 6.45) is 0.750. The van der Waals surface area contributed by atoms with Crippen LogP contribution in [0.5, 0.6) is 0 Å². The van der Waals surface area contributed by atoms with E-state index in [9.17, 15) is 8.42 Å². The van der Waals surface area contributed by atoms with Crippen LogP contribution in [0.3, 0.4) is 0 Å². The summed E-state index contributed by atoms with van der Waals surface area (Å²) in [5, 5.41) is 0. The summed E-state index contributed by atoms with van der Waals surface area (Å²) < 4.78 is 25.0. The predicted molar refractivity (Wildman–Crippen MR) is 64.4 cm³/mol. The summed E-state index contributed by atoms with van der Waals surface area (Å²) in [5.41, 5.74) is 8.69. The summed E-state index contributed by atoms with van der Waals surface area (Å²) >= 11 is 0. The molecule has 4 nitrogen and oxygen atoms in total. The Kier molecular flexibility index (Phi) is 2.90. The molecule has 0 saturated heterocycles. The lowest BCUT2D eigenvalue weighted by Crippen LogP contribution is -2.37. The predicted octanol–water partition coefficient (Wildman–Crippen LogP) is 0.977. The zero-order valence-electron chi connectivity index (χ0n) is 9.31. The van der Waals surface area contributed by atoms with Gasteiger partial charge >= 0.3 is 0 Å². The van der Waals surface area contributed by atoms with Gasteiger partial charge in [-0.15, -0.1) is 0 Å². The lowest BCUT2D eigenvalue weighted by atomic mass is 10.00. The minimum atomic E-state index is -3.10. The first-order chi connectivity index (χ1) is 7.54. The number of rotatable bonds is 2. The van der Waals surface area contributed by atoms with Gasteiger partial charge < -0.3 is 5.73 Å². The fourth-order valence-corrected chi connectivity index (χ4v) is 3.06. The van der Waals surface area contributed by atoms with Crippen LogP contribution in [0.15, 0.2) is 18.2 Å². The van der Waals surface area contributed by atoms with Crippen molar-refractivity contribution in [3.63, 3.8) is 0 Å². The molecular formula is C11H16N2O2S. The van der Waals surface area contributed by atoms with Crippen molar-refractivity contribution < 1.29 is 8.42 Å². The van der Waals surface area contributed by atoms with Crippen LogP contribution in [0.2, 0.25) is 0 Å². The van der Waals surface area contributed by atoms with Gasteiger partial charge in [0.2, 0.25) is 10.0 Å². The summed E-state index contributed by atoms with van der Waals surface area (Å²) in [4.78, 5) is 0. The molecule has 16 heavy (non-hydrogen) atoms. The van der Waals surface area contributed by atoms with Gasteiger partial charge in [-0.05, 0) is 30.5 Å². The SMILES string of the molecule is CCS(=O)(=O)N1CCc2cccc(N)c2C1. The third-order valence-electron chi connectivity index (χ3n) is 3.03. The molecule has 0 aliphatic carbocycles. The molecule has 0 radical (unpaired) electrons. The van der Waals surface area contributed by atoms with Crippen LogP contribution in [-0.4, -0.2) is 25.0 Å². The number of nitrogens with two attached hydrogens (primary N) is 1. The number of hydrogen-bond donors (Lipinski definition) is 1. The van der Waals surface area contributed by atoms with E-state index in [0.29, 0.717) is 18.8 Å². The number of benzene rings is 1. The Balaban J connectivity index is 2.34. The first-order valence-electron chi connectivity index (χ1n) is 5.38. The highest BCUT2D eigenvalue weighted by Crippen LogP contribution is 2.25. The lowest BCUT2D eigenvalue weighted by Gasteiger charge is -2.28. The van der Waals surface area contributed by atoms with Gasteiger partial charge in [0.05, 0.1) is 5.75 Å². The van der Waals surface area contributed by atoms with Gasteiger partial charge in [-0.3, -0.25) is 0 Å². The second kappa shape index (κ2) is 4.07. The van der Waals surface area contributed by atoms with Crippen LogP contribution in [0, 0.1) is 0 Å². The Bertz CT molecular complexity index is 497. The zero-order valence-corrected chi connectivity index (χ0v) is 10.1. The molecule has 88 valence electrons. The van der Waals surface area contributed by atoms with E-state index in [2.05, 4.69) is 0 Å². The van der Waals surface area contributed by atoms with Gasteiger partial charge in [0, 0.05) is 18.8 Å². The first kappa shape index (κ1) is 11.4. The third-order valence-corrected chi connectivity index (χ3v) is 4.86. The van der Waals surface area contributed by atoms with Crippen LogP contribution < -0.4 is 5.73 Å².